The van der Waals surface area contributed by atoms with Crippen LogP contribution in [-0.4, -0.2) is 11.9 Å². The van der Waals surface area contributed by atoms with Crippen molar-refractivity contribution in [2.24, 2.45) is 0 Å². The van der Waals surface area contributed by atoms with Crippen LogP contribution in [-0.2, 0) is 4.74 Å². The number of esters is 2. The van der Waals surface area contributed by atoms with Gasteiger partial charge >= 0.3 is 11.9 Å². The number of rotatable bonds is 4. The van der Waals surface area contributed by atoms with Gasteiger partial charge in [0.25, 0.3) is 0 Å². The summed E-state index contributed by atoms with van der Waals surface area (Å²) in [5.74, 6) is -1.34. The van der Waals surface area contributed by atoms with Gasteiger partial charge in [0, 0.05) is 0 Å². The van der Waals surface area contributed by atoms with Gasteiger partial charge in [0.1, 0.15) is 0 Å². The molecule has 0 fully saturated rings. The van der Waals surface area contributed by atoms with Crippen molar-refractivity contribution >= 4 is 11.9 Å². The molecule has 3 nitrogen and oxygen atoms in total. The monoisotopic (exact) mass is 378 g/mol. The van der Waals surface area contributed by atoms with Crippen molar-refractivity contribution in [2.45, 2.75) is 0 Å². The van der Waals surface area contributed by atoms with Crippen LogP contribution >= 0.6 is 0 Å². The fourth-order valence-corrected chi connectivity index (χ4v) is 3.17. The van der Waals surface area contributed by atoms with Crippen molar-refractivity contribution in [3.63, 3.8) is 0 Å². The van der Waals surface area contributed by atoms with Gasteiger partial charge in [-0.25, -0.2) is 9.59 Å². The normalized spacial score (nSPS) is 10.3. The van der Waals surface area contributed by atoms with Crippen LogP contribution in [0.4, 0.5) is 0 Å². The maximum atomic E-state index is 13.0. The van der Waals surface area contributed by atoms with Crippen LogP contribution in [0.5, 0.6) is 0 Å². The van der Waals surface area contributed by atoms with Crippen LogP contribution in [0.3, 0.4) is 0 Å². The van der Waals surface area contributed by atoms with E-state index in [-0.39, 0.29) is 0 Å². The Bertz CT molecular complexity index is 1130. The molecule has 3 heteroatoms. The van der Waals surface area contributed by atoms with Crippen molar-refractivity contribution < 1.29 is 14.3 Å². The summed E-state index contributed by atoms with van der Waals surface area (Å²) in [5.41, 5.74) is 4.14. The third kappa shape index (κ3) is 4.14. The Labute approximate surface area is 169 Å². The fraction of sp³-hybridized carbons (Fsp3) is 0. The first kappa shape index (κ1) is 18.4. The Balaban J connectivity index is 1.74. The number of carbonyl (C=O) groups excluding carboxylic acids is 2. The maximum Gasteiger partial charge on any atom is 0.346 e. The molecular formula is C26H18O3. The Morgan fingerprint density at radius 1 is 0.517 bits per heavy atom. The fourth-order valence-electron chi connectivity index (χ4n) is 3.17. The second kappa shape index (κ2) is 8.36. The molecule has 0 aliphatic rings. The summed E-state index contributed by atoms with van der Waals surface area (Å²) in [4.78, 5) is 25.4. The summed E-state index contributed by atoms with van der Waals surface area (Å²) in [6, 6.07) is 33.5. The van der Waals surface area contributed by atoms with E-state index in [9.17, 15) is 9.59 Å². The number of hydrogen-bond acceptors (Lipinski definition) is 3. The minimum absolute atomic E-state index is 0.335. The third-order valence-corrected chi connectivity index (χ3v) is 4.63. The summed E-state index contributed by atoms with van der Waals surface area (Å²) in [5, 5.41) is 0. The van der Waals surface area contributed by atoms with E-state index in [1.54, 1.807) is 36.4 Å². The van der Waals surface area contributed by atoms with Gasteiger partial charge in [0.05, 0.1) is 11.1 Å². The molecule has 0 bridgehead atoms. The highest BCUT2D eigenvalue weighted by Gasteiger charge is 2.19. The van der Waals surface area contributed by atoms with Gasteiger partial charge in [0.2, 0.25) is 0 Å². The number of carbonyl (C=O) groups is 2. The predicted octanol–water partition coefficient (Wildman–Crippen LogP) is 6.02. The second-order valence-corrected chi connectivity index (χ2v) is 6.54. The van der Waals surface area contributed by atoms with Crippen LogP contribution in [0.1, 0.15) is 20.7 Å². The molecule has 0 spiro atoms. The highest BCUT2D eigenvalue weighted by Crippen LogP contribution is 2.29. The Morgan fingerprint density at radius 2 is 1.07 bits per heavy atom. The van der Waals surface area contributed by atoms with E-state index in [0.29, 0.717) is 11.1 Å². The van der Waals surface area contributed by atoms with Crippen LogP contribution in [0.25, 0.3) is 22.3 Å². The van der Waals surface area contributed by atoms with E-state index in [4.69, 9.17) is 4.74 Å². The minimum atomic E-state index is -0.671. The van der Waals surface area contributed by atoms with E-state index in [1.807, 2.05) is 72.8 Å². The molecule has 29 heavy (non-hydrogen) atoms. The number of ether oxygens (including phenoxy) is 1. The molecule has 0 N–H and O–H groups in total. The first-order chi connectivity index (χ1) is 14.2. The molecule has 0 aromatic heterocycles. The summed E-state index contributed by atoms with van der Waals surface area (Å²) < 4.78 is 5.20. The number of benzene rings is 4. The predicted molar refractivity (Wildman–Crippen MR) is 114 cm³/mol. The van der Waals surface area contributed by atoms with Crippen molar-refractivity contribution in [1.82, 2.24) is 0 Å². The Hall–Kier alpha value is -3.98. The van der Waals surface area contributed by atoms with E-state index >= 15 is 0 Å². The van der Waals surface area contributed by atoms with Crippen molar-refractivity contribution in [2.75, 3.05) is 0 Å². The zero-order valence-corrected chi connectivity index (χ0v) is 15.6. The average molecular weight is 378 g/mol. The summed E-state index contributed by atoms with van der Waals surface area (Å²) in [6.45, 7) is 0. The van der Waals surface area contributed by atoms with E-state index in [0.717, 1.165) is 22.3 Å². The Morgan fingerprint density at radius 3 is 1.69 bits per heavy atom. The minimum Gasteiger partial charge on any atom is -0.386 e. The van der Waals surface area contributed by atoms with Gasteiger partial charge in [0.15, 0.2) is 0 Å². The Kier molecular flexibility index (Phi) is 5.30. The molecule has 0 unspecified atom stereocenters. The van der Waals surface area contributed by atoms with Gasteiger partial charge in [-0.15, -0.1) is 0 Å². The SMILES string of the molecule is O=C(OC(=O)c1cc(-c2ccccc2)ccc1-c1ccccc1)c1ccccc1. The lowest BCUT2D eigenvalue weighted by molar-refractivity contribution is 0.0398. The average Bonchev–Trinajstić information content (AvgIpc) is 2.80. The highest BCUT2D eigenvalue weighted by molar-refractivity contribution is 6.06. The topological polar surface area (TPSA) is 43.4 Å². The smallest absolute Gasteiger partial charge is 0.346 e. The van der Waals surface area contributed by atoms with E-state index in [1.165, 1.54) is 0 Å². The third-order valence-electron chi connectivity index (χ3n) is 4.63. The van der Waals surface area contributed by atoms with E-state index in [2.05, 4.69) is 0 Å². The van der Waals surface area contributed by atoms with Crippen LogP contribution in [0.2, 0.25) is 0 Å². The quantitative estimate of drug-likeness (QED) is 0.322. The number of hydrogen-bond donors (Lipinski definition) is 0. The van der Waals surface area contributed by atoms with E-state index < -0.39 is 11.9 Å². The van der Waals surface area contributed by atoms with Crippen molar-refractivity contribution in [3.8, 4) is 22.3 Å². The zero-order valence-electron chi connectivity index (χ0n) is 15.6. The standard InChI is InChI=1S/C26H18O3/c27-25(21-14-8-3-9-15-21)29-26(28)24-18-22(19-10-4-1-5-11-19)16-17-23(24)20-12-6-2-7-13-20/h1-18H. The summed E-state index contributed by atoms with van der Waals surface area (Å²) in [7, 11) is 0. The molecular weight excluding hydrogens is 360 g/mol. The largest absolute Gasteiger partial charge is 0.386 e. The summed E-state index contributed by atoms with van der Waals surface area (Å²) in [6.07, 6.45) is 0. The van der Waals surface area contributed by atoms with Crippen LogP contribution in [0, 0.1) is 0 Å². The molecule has 0 aliphatic carbocycles. The maximum absolute atomic E-state index is 13.0. The molecule has 4 rings (SSSR count). The van der Waals surface area contributed by atoms with Crippen LogP contribution in [0.15, 0.2) is 109 Å². The van der Waals surface area contributed by atoms with Gasteiger partial charge in [-0.1, -0.05) is 91.0 Å². The molecule has 0 aliphatic heterocycles. The second-order valence-electron chi connectivity index (χ2n) is 6.54. The first-order valence-corrected chi connectivity index (χ1v) is 9.29. The van der Waals surface area contributed by atoms with Crippen LogP contribution < -0.4 is 0 Å². The molecule has 4 aromatic carbocycles. The molecule has 0 atom stereocenters. The lowest BCUT2D eigenvalue weighted by Gasteiger charge is -2.12. The summed E-state index contributed by atoms with van der Waals surface area (Å²) >= 11 is 0. The van der Waals surface area contributed by atoms with Gasteiger partial charge in [-0.2, -0.15) is 0 Å². The lowest BCUT2D eigenvalue weighted by Crippen LogP contribution is -2.14. The lowest BCUT2D eigenvalue weighted by atomic mass is 9.95. The molecule has 140 valence electrons. The van der Waals surface area contributed by atoms with Gasteiger partial charge in [-0.3, -0.25) is 0 Å². The molecule has 0 saturated heterocycles. The molecule has 0 radical (unpaired) electrons. The van der Waals surface area contributed by atoms with Gasteiger partial charge < -0.3 is 4.74 Å². The highest BCUT2D eigenvalue weighted by atomic mass is 16.6. The van der Waals surface area contributed by atoms with Gasteiger partial charge in [-0.05, 0) is 40.5 Å². The molecule has 4 aromatic rings. The molecule has 0 amide bonds. The van der Waals surface area contributed by atoms with Crippen molar-refractivity contribution in [3.05, 3.63) is 120 Å². The molecule has 0 heterocycles. The zero-order chi connectivity index (χ0) is 20.1. The first-order valence-electron chi connectivity index (χ1n) is 9.29. The van der Waals surface area contributed by atoms with Crippen molar-refractivity contribution in [1.29, 1.82) is 0 Å². The molecule has 0 saturated carbocycles.